The molecule has 6 heteroatoms. The lowest BCUT2D eigenvalue weighted by molar-refractivity contribution is 0.475. The van der Waals surface area contributed by atoms with Crippen molar-refractivity contribution in [3.05, 3.63) is 23.0 Å². The smallest absolute Gasteiger partial charge is 0.213 e. The van der Waals surface area contributed by atoms with Gasteiger partial charge in [0.15, 0.2) is 0 Å². The Kier molecular flexibility index (Phi) is 3.50. The van der Waals surface area contributed by atoms with Crippen molar-refractivity contribution in [3.63, 3.8) is 0 Å². The molecule has 0 spiro atoms. The average molecular weight is 263 g/mol. The van der Waals surface area contributed by atoms with Crippen LogP contribution in [0.25, 0.3) is 0 Å². The predicted molar refractivity (Wildman–Crippen MR) is 75.1 cm³/mol. The number of rotatable bonds is 4. The molecule has 0 unspecified atom stereocenters. The SMILES string of the molecule is Cc1nc(CNc2c(N)c(C)nn2C(C)C)oc1C. The first-order chi connectivity index (χ1) is 8.90. The number of nitrogens with zero attached hydrogens (tertiary/aromatic N) is 3. The predicted octanol–water partition coefficient (Wildman–Crippen LogP) is 2.57. The second-order valence-electron chi connectivity index (χ2n) is 4.99. The first-order valence-corrected chi connectivity index (χ1v) is 6.41. The van der Waals surface area contributed by atoms with Gasteiger partial charge < -0.3 is 15.5 Å². The van der Waals surface area contributed by atoms with E-state index < -0.39 is 0 Å². The number of nitrogens with one attached hydrogen (secondary N) is 1. The Morgan fingerprint density at radius 2 is 1.95 bits per heavy atom. The monoisotopic (exact) mass is 263 g/mol. The molecule has 6 nitrogen and oxygen atoms in total. The lowest BCUT2D eigenvalue weighted by Gasteiger charge is -2.12. The summed E-state index contributed by atoms with van der Waals surface area (Å²) in [6, 6.07) is 0.242. The van der Waals surface area contributed by atoms with Gasteiger partial charge in [-0.2, -0.15) is 5.10 Å². The molecule has 2 aromatic rings. The number of nitrogen functional groups attached to an aromatic ring is 1. The van der Waals surface area contributed by atoms with Crippen LogP contribution in [0.3, 0.4) is 0 Å². The second-order valence-corrected chi connectivity index (χ2v) is 4.99. The highest BCUT2D eigenvalue weighted by Crippen LogP contribution is 2.26. The molecule has 0 aliphatic rings. The zero-order chi connectivity index (χ0) is 14.2. The minimum Gasteiger partial charge on any atom is -0.444 e. The van der Waals surface area contributed by atoms with Gasteiger partial charge in [-0.15, -0.1) is 0 Å². The molecule has 0 aromatic carbocycles. The van der Waals surface area contributed by atoms with Crippen molar-refractivity contribution in [2.75, 3.05) is 11.1 Å². The van der Waals surface area contributed by atoms with Gasteiger partial charge in [0.25, 0.3) is 0 Å². The summed E-state index contributed by atoms with van der Waals surface area (Å²) in [6.45, 7) is 10.4. The summed E-state index contributed by atoms with van der Waals surface area (Å²) in [5.74, 6) is 2.32. The molecule has 2 heterocycles. The molecule has 0 saturated heterocycles. The van der Waals surface area contributed by atoms with Crippen molar-refractivity contribution >= 4 is 11.5 Å². The van der Waals surface area contributed by atoms with E-state index in [4.69, 9.17) is 10.2 Å². The van der Waals surface area contributed by atoms with Gasteiger partial charge in [0.1, 0.15) is 11.6 Å². The van der Waals surface area contributed by atoms with Crippen LogP contribution < -0.4 is 11.1 Å². The van der Waals surface area contributed by atoms with Crippen LogP contribution in [0.1, 0.15) is 42.9 Å². The van der Waals surface area contributed by atoms with E-state index in [1.165, 1.54) is 0 Å². The van der Waals surface area contributed by atoms with Gasteiger partial charge in [0.2, 0.25) is 5.89 Å². The molecule has 0 amide bonds. The summed E-state index contributed by atoms with van der Waals surface area (Å²) < 4.78 is 7.42. The van der Waals surface area contributed by atoms with Gasteiger partial charge in [0.05, 0.1) is 23.6 Å². The van der Waals surface area contributed by atoms with Crippen molar-refractivity contribution in [2.24, 2.45) is 0 Å². The van der Waals surface area contributed by atoms with Crippen LogP contribution in [0.2, 0.25) is 0 Å². The number of aryl methyl sites for hydroxylation is 3. The molecule has 19 heavy (non-hydrogen) atoms. The van der Waals surface area contributed by atoms with Crippen LogP contribution >= 0.6 is 0 Å². The number of aromatic nitrogens is 3. The zero-order valence-electron chi connectivity index (χ0n) is 12.1. The first-order valence-electron chi connectivity index (χ1n) is 6.41. The van der Waals surface area contributed by atoms with Crippen LogP contribution in [0.4, 0.5) is 11.5 Å². The molecule has 2 rings (SSSR count). The van der Waals surface area contributed by atoms with Crippen LogP contribution in [0.5, 0.6) is 0 Å². The molecule has 0 radical (unpaired) electrons. The normalized spacial score (nSPS) is 11.3. The van der Waals surface area contributed by atoms with Crippen molar-refractivity contribution in [1.29, 1.82) is 0 Å². The Hall–Kier alpha value is -1.98. The number of oxazole rings is 1. The van der Waals surface area contributed by atoms with Gasteiger partial charge in [-0.25, -0.2) is 9.67 Å². The third-order valence-corrected chi connectivity index (χ3v) is 3.10. The van der Waals surface area contributed by atoms with Crippen molar-refractivity contribution in [3.8, 4) is 0 Å². The van der Waals surface area contributed by atoms with E-state index in [2.05, 4.69) is 29.2 Å². The first kappa shape index (κ1) is 13.5. The largest absolute Gasteiger partial charge is 0.444 e. The highest BCUT2D eigenvalue weighted by Gasteiger charge is 2.15. The minimum atomic E-state index is 0.242. The average Bonchev–Trinajstić information content (AvgIpc) is 2.80. The molecule has 2 aromatic heterocycles. The summed E-state index contributed by atoms with van der Waals surface area (Å²) in [6.07, 6.45) is 0. The fourth-order valence-electron chi connectivity index (χ4n) is 1.88. The second kappa shape index (κ2) is 4.95. The molecular formula is C13H21N5O. The highest BCUT2D eigenvalue weighted by molar-refractivity contribution is 5.64. The lowest BCUT2D eigenvalue weighted by atomic mass is 10.3. The lowest BCUT2D eigenvalue weighted by Crippen LogP contribution is -2.11. The molecule has 0 bridgehead atoms. The van der Waals surface area contributed by atoms with Gasteiger partial charge in [-0.05, 0) is 34.6 Å². The van der Waals surface area contributed by atoms with Crippen LogP contribution in [-0.2, 0) is 6.54 Å². The summed E-state index contributed by atoms with van der Waals surface area (Å²) in [7, 11) is 0. The van der Waals surface area contributed by atoms with E-state index in [-0.39, 0.29) is 6.04 Å². The van der Waals surface area contributed by atoms with Crippen LogP contribution in [0.15, 0.2) is 4.42 Å². The van der Waals surface area contributed by atoms with Gasteiger partial charge in [-0.3, -0.25) is 0 Å². The molecule has 0 aliphatic heterocycles. The Balaban J connectivity index is 2.19. The number of hydrogen-bond donors (Lipinski definition) is 2. The Bertz CT molecular complexity index is 563. The zero-order valence-corrected chi connectivity index (χ0v) is 12.1. The molecule has 0 fully saturated rings. The van der Waals surface area contributed by atoms with Crippen molar-refractivity contribution < 1.29 is 4.42 Å². The molecule has 0 atom stereocenters. The van der Waals surface area contributed by atoms with E-state index in [0.29, 0.717) is 18.1 Å². The van der Waals surface area contributed by atoms with Crippen molar-refractivity contribution in [1.82, 2.24) is 14.8 Å². The Morgan fingerprint density at radius 1 is 1.26 bits per heavy atom. The molecule has 0 saturated carbocycles. The fourth-order valence-corrected chi connectivity index (χ4v) is 1.88. The van der Waals surface area contributed by atoms with E-state index in [1.807, 2.05) is 25.5 Å². The number of anilines is 2. The Morgan fingerprint density at radius 3 is 2.47 bits per heavy atom. The number of nitrogens with two attached hydrogens (primary N) is 1. The molecule has 104 valence electrons. The fraction of sp³-hybridized carbons (Fsp3) is 0.538. The maximum atomic E-state index is 6.04. The summed E-state index contributed by atoms with van der Waals surface area (Å²) in [5.41, 5.74) is 8.46. The maximum absolute atomic E-state index is 6.04. The molecule has 3 N–H and O–H groups in total. The third kappa shape index (κ3) is 2.57. The minimum absolute atomic E-state index is 0.242. The number of hydrogen-bond acceptors (Lipinski definition) is 5. The van der Waals surface area contributed by atoms with E-state index in [1.54, 1.807) is 0 Å². The van der Waals surface area contributed by atoms with Crippen LogP contribution in [-0.4, -0.2) is 14.8 Å². The van der Waals surface area contributed by atoms with E-state index in [0.717, 1.165) is 23.0 Å². The van der Waals surface area contributed by atoms with Gasteiger partial charge in [0, 0.05) is 6.04 Å². The van der Waals surface area contributed by atoms with E-state index in [9.17, 15) is 0 Å². The van der Waals surface area contributed by atoms with Gasteiger partial charge >= 0.3 is 0 Å². The third-order valence-electron chi connectivity index (χ3n) is 3.10. The Labute approximate surface area is 113 Å². The standard InChI is InChI=1S/C13H21N5O/c1-7(2)18-13(12(14)9(4)17-18)15-6-11-16-8(3)10(5)19-11/h7,15H,6,14H2,1-5H3. The maximum Gasteiger partial charge on any atom is 0.213 e. The summed E-state index contributed by atoms with van der Waals surface area (Å²) in [4.78, 5) is 4.34. The topological polar surface area (TPSA) is 81.9 Å². The summed E-state index contributed by atoms with van der Waals surface area (Å²) >= 11 is 0. The molecular weight excluding hydrogens is 242 g/mol. The quantitative estimate of drug-likeness (QED) is 0.886. The van der Waals surface area contributed by atoms with E-state index >= 15 is 0 Å². The van der Waals surface area contributed by atoms with Gasteiger partial charge in [-0.1, -0.05) is 0 Å². The highest BCUT2D eigenvalue weighted by atomic mass is 16.4. The van der Waals surface area contributed by atoms with Crippen molar-refractivity contribution in [2.45, 2.75) is 47.2 Å². The molecule has 0 aliphatic carbocycles. The summed E-state index contributed by atoms with van der Waals surface area (Å²) in [5, 5.41) is 7.68. The van der Waals surface area contributed by atoms with Crippen LogP contribution in [0, 0.1) is 20.8 Å².